The van der Waals surface area contributed by atoms with Gasteiger partial charge in [0.25, 0.3) is 5.91 Å². The first-order valence-corrected chi connectivity index (χ1v) is 11.4. The van der Waals surface area contributed by atoms with E-state index in [1.54, 1.807) is 12.1 Å². The molecule has 0 bridgehead atoms. The van der Waals surface area contributed by atoms with E-state index in [1.807, 2.05) is 53.9 Å². The van der Waals surface area contributed by atoms with Gasteiger partial charge in [0.05, 0.1) is 18.2 Å². The number of benzene rings is 2. The molecule has 0 unspecified atom stereocenters. The molecule has 0 aliphatic carbocycles. The van der Waals surface area contributed by atoms with Gasteiger partial charge in [-0.25, -0.2) is 4.98 Å². The molecule has 1 fully saturated rings. The second-order valence-corrected chi connectivity index (χ2v) is 8.54. The summed E-state index contributed by atoms with van der Waals surface area (Å²) < 4.78 is 0. The summed E-state index contributed by atoms with van der Waals surface area (Å²) in [6.07, 6.45) is 2.61. The molecule has 4 rings (SSSR count). The number of hydrogen-bond acceptors (Lipinski definition) is 5. The van der Waals surface area contributed by atoms with Crippen molar-refractivity contribution in [2.75, 3.05) is 18.4 Å². The molecule has 2 N–H and O–H groups in total. The third kappa shape index (κ3) is 5.99. The normalized spacial score (nSPS) is 14.8. The summed E-state index contributed by atoms with van der Waals surface area (Å²) in [5, 5.41) is 8.49. The van der Waals surface area contributed by atoms with Gasteiger partial charge in [-0.2, -0.15) is 0 Å². The summed E-state index contributed by atoms with van der Waals surface area (Å²) >= 11 is 1.44. The Morgan fingerprint density at radius 2 is 1.68 bits per heavy atom. The minimum Gasteiger partial charge on any atom is -0.345 e. The highest BCUT2D eigenvalue weighted by molar-refractivity contribution is 7.13. The van der Waals surface area contributed by atoms with Gasteiger partial charge in [-0.1, -0.05) is 48.5 Å². The van der Waals surface area contributed by atoms with E-state index in [0.29, 0.717) is 10.7 Å². The quantitative estimate of drug-likeness (QED) is 0.556. The van der Waals surface area contributed by atoms with E-state index in [0.717, 1.165) is 30.9 Å². The monoisotopic (exact) mass is 434 g/mol. The van der Waals surface area contributed by atoms with Crippen LogP contribution in [0.3, 0.4) is 0 Å². The summed E-state index contributed by atoms with van der Waals surface area (Å²) in [6, 6.07) is 18.1. The Morgan fingerprint density at radius 1 is 1.00 bits per heavy atom. The first-order chi connectivity index (χ1) is 15.2. The number of anilines is 1. The average Bonchev–Trinajstić information content (AvgIpc) is 3.47. The number of nitrogens with one attached hydrogen (secondary N) is 2. The second-order valence-electron chi connectivity index (χ2n) is 7.68. The van der Waals surface area contributed by atoms with E-state index >= 15 is 0 Å². The molecule has 0 spiro atoms. The number of carbonyl (C=O) groups is 2. The van der Waals surface area contributed by atoms with Gasteiger partial charge in [0.1, 0.15) is 0 Å². The van der Waals surface area contributed by atoms with Crippen molar-refractivity contribution < 1.29 is 9.59 Å². The molecule has 1 aromatic heterocycles. The molecule has 31 heavy (non-hydrogen) atoms. The van der Waals surface area contributed by atoms with Crippen molar-refractivity contribution in [3.8, 4) is 0 Å². The number of thiazole rings is 1. The van der Waals surface area contributed by atoms with Gasteiger partial charge in [0.2, 0.25) is 5.91 Å². The van der Waals surface area contributed by atoms with Gasteiger partial charge in [-0.05, 0) is 43.6 Å². The molecular weight excluding hydrogens is 408 g/mol. The maximum Gasteiger partial charge on any atom is 0.251 e. The molecule has 0 radical (unpaired) electrons. The molecule has 1 aliphatic heterocycles. The molecule has 3 aromatic rings. The Balaban J connectivity index is 1.40. The van der Waals surface area contributed by atoms with Crippen LogP contribution in [-0.4, -0.2) is 34.8 Å². The summed E-state index contributed by atoms with van der Waals surface area (Å²) in [7, 11) is 0. The molecule has 2 amide bonds. The topological polar surface area (TPSA) is 74.3 Å². The summed E-state index contributed by atoms with van der Waals surface area (Å²) in [4.78, 5) is 32.4. The maximum absolute atomic E-state index is 12.8. The van der Waals surface area contributed by atoms with Crippen molar-refractivity contribution in [2.24, 2.45) is 0 Å². The highest BCUT2D eigenvalue weighted by atomic mass is 32.1. The largest absolute Gasteiger partial charge is 0.345 e. The van der Waals surface area contributed by atoms with E-state index < -0.39 is 6.04 Å². The standard InChI is InChI=1S/C24H26N4O2S/c29-22(27-24-25-20(17-31-24)16-28-13-7-8-14-28)15-21(18-9-3-1-4-10-18)26-23(30)19-11-5-2-6-12-19/h1-6,9-12,17,21H,7-8,13-16H2,(H,26,30)(H,25,27,29)/t21-/m0/s1. The van der Waals surface area contributed by atoms with Crippen LogP contribution < -0.4 is 10.6 Å². The first kappa shape index (κ1) is 21.2. The van der Waals surface area contributed by atoms with E-state index in [-0.39, 0.29) is 18.2 Å². The van der Waals surface area contributed by atoms with Crippen LogP contribution in [0.5, 0.6) is 0 Å². The van der Waals surface area contributed by atoms with Crippen molar-refractivity contribution in [3.63, 3.8) is 0 Å². The lowest BCUT2D eigenvalue weighted by molar-refractivity contribution is -0.116. The average molecular weight is 435 g/mol. The van der Waals surface area contributed by atoms with Crippen molar-refractivity contribution in [1.29, 1.82) is 0 Å². The zero-order valence-corrected chi connectivity index (χ0v) is 18.1. The molecule has 1 saturated heterocycles. The fourth-order valence-electron chi connectivity index (χ4n) is 3.73. The summed E-state index contributed by atoms with van der Waals surface area (Å²) in [5.74, 6) is -0.381. The zero-order chi connectivity index (χ0) is 21.5. The van der Waals surface area contributed by atoms with E-state index in [1.165, 1.54) is 24.2 Å². The summed E-state index contributed by atoms with van der Waals surface area (Å²) in [5.41, 5.74) is 2.44. The Hall–Kier alpha value is -3.03. The van der Waals surface area contributed by atoms with Crippen LogP contribution in [0.1, 0.15) is 46.9 Å². The molecule has 160 valence electrons. The molecule has 1 atom stereocenters. The number of likely N-dealkylation sites (tertiary alicyclic amines) is 1. The lowest BCUT2D eigenvalue weighted by Gasteiger charge is -2.19. The van der Waals surface area contributed by atoms with Crippen LogP contribution in [0.15, 0.2) is 66.0 Å². The predicted molar refractivity (Wildman–Crippen MR) is 123 cm³/mol. The number of amides is 2. The summed E-state index contributed by atoms with van der Waals surface area (Å²) in [6.45, 7) is 3.05. The Kier molecular flexibility index (Phi) is 7.07. The lowest BCUT2D eigenvalue weighted by atomic mass is 10.0. The fraction of sp³-hybridized carbons (Fsp3) is 0.292. The highest BCUT2D eigenvalue weighted by Gasteiger charge is 2.20. The molecule has 1 aliphatic rings. The fourth-order valence-corrected chi connectivity index (χ4v) is 4.45. The van der Waals surface area contributed by atoms with Crippen molar-refractivity contribution in [3.05, 3.63) is 82.9 Å². The van der Waals surface area contributed by atoms with Crippen LogP contribution in [0.25, 0.3) is 0 Å². The van der Waals surface area contributed by atoms with Gasteiger partial charge >= 0.3 is 0 Å². The van der Waals surface area contributed by atoms with Crippen LogP contribution in [0.2, 0.25) is 0 Å². The zero-order valence-electron chi connectivity index (χ0n) is 17.3. The SMILES string of the molecule is O=C(C[C@H](NC(=O)c1ccccc1)c1ccccc1)Nc1nc(CN2CCCC2)cs1. The third-order valence-electron chi connectivity index (χ3n) is 5.32. The first-order valence-electron chi connectivity index (χ1n) is 10.5. The number of rotatable bonds is 8. The minimum atomic E-state index is -0.432. The Bertz CT molecular complexity index is 1000. The van der Waals surface area contributed by atoms with Crippen molar-refractivity contribution >= 4 is 28.3 Å². The van der Waals surface area contributed by atoms with Crippen molar-refractivity contribution in [1.82, 2.24) is 15.2 Å². The molecule has 2 heterocycles. The Morgan fingerprint density at radius 3 is 2.39 bits per heavy atom. The van der Waals surface area contributed by atoms with Crippen LogP contribution in [0.4, 0.5) is 5.13 Å². The molecule has 2 aromatic carbocycles. The molecule has 0 saturated carbocycles. The van der Waals surface area contributed by atoms with Crippen LogP contribution >= 0.6 is 11.3 Å². The number of carbonyl (C=O) groups excluding carboxylic acids is 2. The van der Waals surface area contributed by atoms with Gasteiger partial charge in [0, 0.05) is 17.5 Å². The highest BCUT2D eigenvalue weighted by Crippen LogP contribution is 2.22. The minimum absolute atomic E-state index is 0.129. The van der Waals surface area contributed by atoms with E-state index in [4.69, 9.17) is 0 Å². The number of aromatic nitrogens is 1. The van der Waals surface area contributed by atoms with Gasteiger partial charge < -0.3 is 10.6 Å². The van der Waals surface area contributed by atoms with Crippen LogP contribution in [-0.2, 0) is 11.3 Å². The number of hydrogen-bond donors (Lipinski definition) is 2. The van der Waals surface area contributed by atoms with Gasteiger partial charge in [-0.3, -0.25) is 14.5 Å². The molecule has 7 heteroatoms. The molecule has 6 nitrogen and oxygen atoms in total. The molecular formula is C24H26N4O2S. The maximum atomic E-state index is 12.8. The van der Waals surface area contributed by atoms with Gasteiger partial charge in [-0.15, -0.1) is 11.3 Å². The second kappa shape index (κ2) is 10.3. The third-order valence-corrected chi connectivity index (χ3v) is 6.12. The van der Waals surface area contributed by atoms with E-state index in [2.05, 4.69) is 20.5 Å². The Labute approximate surface area is 186 Å². The van der Waals surface area contributed by atoms with Gasteiger partial charge in [0.15, 0.2) is 5.13 Å². The van der Waals surface area contributed by atoms with Crippen LogP contribution in [0, 0.1) is 0 Å². The number of nitrogens with zero attached hydrogens (tertiary/aromatic N) is 2. The van der Waals surface area contributed by atoms with E-state index in [9.17, 15) is 9.59 Å². The lowest BCUT2D eigenvalue weighted by Crippen LogP contribution is -2.31. The van der Waals surface area contributed by atoms with Crippen molar-refractivity contribution in [2.45, 2.75) is 31.8 Å². The predicted octanol–water partition coefficient (Wildman–Crippen LogP) is 4.24. The smallest absolute Gasteiger partial charge is 0.251 e.